The van der Waals surface area contributed by atoms with Gasteiger partial charge in [-0.1, -0.05) is 30.3 Å². The second kappa shape index (κ2) is 10.6. The number of hydrogen-bond donors (Lipinski definition) is 0. The van der Waals surface area contributed by atoms with Gasteiger partial charge in [-0.25, -0.2) is 13.0 Å². The topological polar surface area (TPSA) is 89.0 Å². The third kappa shape index (κ3) is 7.23. The average Bonchev–Trinajstić information content (AvgIpc) is 3.17. The van der Waals surface area contributed by atoms with Crippen molar-refractivity contribution < 1.29 is 17.5 Å². The standard InChI is InChI=1S/C22H26N4O3S2/c1-18-16-20(25(2)17-19-8-4-3-5-9-19)10-11-21(18)23-24-22-26(13-14-30-22)12-6-7-15-31(27,28)29/h3-5,8-11,13-14,16H,6-7,12,15,17H2,1-2H3. The fourth-order valence-electron chi connectivity index (χ4n) is 3.14. The zero-order chi connectivity index (χ0) is 22.3. The molecule has 0 fully saturated rings. The van der Waals surface area contributed by atoms with E-state index in [0.717, 1.165) is 28.6 Å². The predicted octanol–water partition coefficient (Wildman–Crippen LogP) is 4.72. The Bertz CT molecular complexity index is 1130. The number of aryl methyl sites for hydroxylation is 2. The largest absolute Gasteiger partial charge is 0.748 e. The van der Waals surface area contributed by atoms with E-state index >= 15 is 0 Å². The molecule has 0 aliphatic rings. The Kier molecular flexibility index (Phi) is 7.89. The summed E-state index contributed by atoms with van der Waals surface area (Å²) in [5.74, 6) is -0.335. The van der Waals surface area contributed by atoms with Gasteiger partial charge in [-0.05, 0) is 65.5 Å². The average molecular weight is 459 g/mol. The molecule has 1 heterocycles. The molecule has 0 atom stereocenters. The molecule has 0 saturated heterocycles. The molecule has 1 aromatic heterocycles. The number of aromatic nitrogens is 1. The Hall–Kier alpha value is -2.62. The summed E-state index contributed by atoms with van der Waals surface area (Å²) in [5.41, 5.74) is 4.19. The normalized spacial score (nSPS) is 11.8. The zero-order valence-electron chi connectivity index (χ0n) is 17.6. The summed E-state index contributed by atoms with van der Waals surface area (Å²) in [6, 6.07) is 16.4. The molecule has 3 rings (SSSR count). The minimum atomic E-state index is -4.16. The van der Waals surface area contributed by atoms with Crippen molar-refractivity contribution in [3.8, 4) is 0 Å². The van der Waals surface area contributed by atoms with Gasteiger partial charge < -0.3 is 9.45 Å². The quantitative estimate of drug-likeness (QED) is 0.190. The van der Waals surface area contributed by atoms with Gasteiger partial charge in [0.2, 0.25) is 0 Å². The van der Waals surface area contributed by atoms with Crippen molar-refractivity contribution in [3.05, 3.63) is 71.2 Å². The van der Waals surface area contributed by atoms with E-state index < -0.39 is 10.1 Å². The summed E-state index contributed by atoms with van der Waals surface area (Å²) in [6.45, 7) is 3.43. The monoisotopic (exact) mass is 458 g/mol. The minimum Gasteiger partial charge on any atom is -0.748 e. The van der Waals surface area contributed by atoms with Crippen molar-refractivity contribution in [1.29, 1.82) is 0 Å². The van der Waals surface area contributed by atoms with Crippen LogP contribution in [0.25, 0.3) is 0 Å². The number of nitrogens with zero attached hydrogens (tertiary/aromatic N) is 4. The van der Waals surface area contributed by atoms with E-state index in [-0.39, 0.29) is 5.75 Å². The summed E-state index contributed by atoms with van der Waals surface area (Å²) in [6.07, 6.45) is 2.81. The molecular formula is C22H26N4O3S2. The predicted molar refractivity (Wildman–Crippen MR) is 122 cm³/mol. The fourth-order valence-corrected chi connectivity index (χ4v) is 4.41. The third-order valence-electron chi connectivity index (χ3n) is 4.83. The van der Waals surface area contributed by atoms with Crippen LogP contribution in [0.2, 0.25) is 0 Å². The second-order valence-electron chi connectivity index (χ2n) is 7.36. The van der Waals surface area contributed by atoms with Gasteiger partial charge in [0.1, 0.15) is 11.9 Å². The summed E-state index contributed by atoms with van der Waals surface area (Å²) in [4.78, 5) is 2.19. The Morgan fingerprint density at radius 3 is 2.58 bits per heavy atom. The molecule has 9 heteroatoms. The van der Waals surface area contributed by atoms with Gasteiger partial charge in [-0.3, -0.25) is 0 Å². The lowest BCUT2D eigenvalue weighted by molar-refractivity contribution is -0.680. The van der Waals surface area contributed by atoms with Gasteiger partial charge in [-0.15, -0.1) is 0 Å². The molecule has 31 heavy (non-hydrogen) atoms. The summed E-state index contributed by atoms with van der Waals surface area (Å²) in [5, 5.41) is 11.4. The van der Waals surface area contributed by atoms with Gasteiger partial charge in [0.15, 0.2) is 0 Å². The van der Waals surface area contributed by atoms with E-state index in [1.165, 1.54) is 16.9 Å². The Morgan fingerprint density at radius 2 is 1.87 bits per heavy atom. The zero-order valence-corrected chi connectivity index (χ0v) is 19.3. The molecule has 0 amide bonds. The van der Waals surface area contributed by atoms with Gasteiger partial charge >= 0.3 is 5.13 Å². The second-order valence-corrected chi connectivity index (χ2v) is 9.76. The minimum absolute atomic E-state index is 0.335. The van der Waals surface area contributed by atoms with Gasteiger partial charge in [0.05, 0.1) is 21.8 Å². The Balaban J connectivity index is 1.62. The van der Waals surface area contributed by atoms with Crippen LogP contribution in [0, 0.1) is 6.92 Å². The number of unbranched alkanes of at least 4 members (excludes halogenated alkanes) is 1. The number of anilines is 1. The van der Waals surface area contributed by atoms with Gasteiger partial charge in [0, 0.05) is 30.4 Å². The molecule has 7 nitrogen and oxygen atoms in total. The molecule has 0 aliphatic heterocycles. The fraction of sp³-hybridized carbons (Fsp3) is 0.318. The maximum Gasteiger partial charge on any atom is 0.408 e. The number of azo groups is 1. The number of thiazole rings is 1. The van der Waals surface area contributed by atoms with Crippen LogP contribution in [-0.4, -0.2) is 25.8 Å². The molecule has 2 aromatic carbocycles. The van der Waals surface area contributed by atoms with Crippen molar-refractivity contribution in [3.63, 3.8) is 0 Å². The van der Waals surface area contributed by atoms with Gasteiger partial charge in [0.25, 0.3) is 0 Å². The van der Waals surface area contributed by atoms with Crippen LogP contribution in [0.4, 0.5) is 16.5 Å². The van der Waals surface area contributed by atoms with Crippen LogP contribution in [-0.2, 0) is 23.2 Å². The number of rotatable bonds is 10. The first-order chi connectivity index (χ1) is 14.8. The molecule has 0 unspecified atom stereocenters. The molecule has 3 aromatic rings. The van der Waals surface area contributed by atoms with Crippen molar-refractivity contribution in [1.82, 2.24) is 0 Å². The molecule has 0 saturated carbocycles. The number of benzene rings is 2. The van der Waals surface area contributed by atoms with Crippen LogP contribution >= 0.6 is 11.3 Å². The molecule has 0 bridgehead atoms. The lowest BCUT2D eigenvalue weighted by atomic mass is 10.1. The smallest absolute Gasteiger partial charge is 0.408 e. The highest BCUT2D eigenvalue weighted by Gasteiger charge is 2.13. The van der Waals surface area contributed by atoms with Crippen molar-refractivity contribution in [2.75, 3.05) is 17.7 Å². The maximum atomic E-state index is 10.7. The lowest BCUT2D eigenvalue weighted by Crippen LogP contribution is -2.31. The highest BCUT2D eigenvalue weighted by Crippen LogP contribution is 2.27. The van der Waals surface area contributed by atoms with Crippen LogP contribution < -0.4 is 9.47 Å². The SMILES string of the molecule is Cc1cc(N(C)Cc2ccccc2)ccc1N=Nc1scc[n+]1CCCCS(=O)(=O)[O-]. The molecule has 0 N–H and O–H groups in total. The van der Waals surface area contributed by atoms with E-state index in [1.54, 1.807) is 0 Å². The van der Waals surface area contributed by atoms with Crippen LogP contribution in [0.3, 0.4) is 0 Å². The maximum absolute atomic E-state index is 10.7. The first-order valence-corrected chi connectivity index (χ1v) is 12.5. The van der Waals surface area contributed by atoms with E-state index in [2.05, 4.69) is 40.4 Å². The molecular weight excluding hydrogens is 432 g/mol. The van der Waals surface area contributed by atoms with Crippen LogP contribution in [0.15, 0.2) is 70.3 Å². The Morgan fingerprint density at radius 1 is 1.10 bits per heavy atom. The van der Waals surface area contributed by atoms with Crippen LogP contribution in [0.1, 0.15) is 24.0 Å². The highest BCUT2D eigenvalue weighted by atomic mass is 32.2. The molecule has 0 radical (unpaired) electrons. The van der Waals surface area contributed by atoms with Gasteiger partial charge in [-0.2, -0.15) is 0 Å². The summed E-state index contributed by atoms with van der Waals surface area (Å²) >= 11 is 1.46. The number of hydrogen-bond acceptors (Lipinski definition) is 7. The lowest BCUT2D eigenvalue weighted by Gasteiger charge is -2.20. The van der Waals surface area contributed by atoms with E-state index in [9.17, 15) is 13.0 Å². The molecule has 0 spiro atoms. The first-order valence-electron chi connectivity index (χ1n) is 10.00. The third-order valence-corrected chi connectivity index (χ3v) is 6.40. The molecule has 0 aliphatic carbocycles. The summed E-state index contributed by atoms with van der Waals surface area (Å²) in [7, 11) is -2.09. The highest BCUT2D eigenvalue weighted by molar-refractivity contribution is 7.85. The van der Waals surface area contributed by atoms with Crippen LogP contribution in [0.5, 0.6) is 0 Å². The van der Waals surface area contributed by atoms with Crippen molar-refractivity contribution >= 4 is 38.0 Å². The van der Waals surface area contributed by atoms with E-state index in [4.69, 9.17) is 0 Å². The van der Waals surface area contributed by atoms with E-state index in [0.29, 0.717) is 19.4 Å². The Labute approximate surface area is 187 Å². The van der Waals surface area contributed by atoms with Crippen molar-refractivity contribution in [2.24, 2.45) is 10.2 Å². The first kappa shape index (κ1) is 23.1. The van der Waals surface area contributed by atoms with Crippen molar-refractivity contribution in [2.45, 2.75) is 32.9 Å². The molecule has 164 valence electrons. The summed E-state index contributed by atoms with van der Waals surface area (Å²) < 4.78 is 34.1. The van der Waals surface area contributed by atoms with E-state index in [1.807, 2.05) is 53.4 Å².